The molecule has 0 aliphatic carbocycles. The minimum Gasteiger partial charge on any atom is -0.493 e. The molecule has 5 nitrogen and oxygen atoms in total. The lowest BCUT2D eigenvalue weighted by molar-refractivity contribution is 0.355. The number of nitrogens with zero attached hydrogens (tertiary/aromatic N) is 2. The summed E-state index contributed by atoms with van der Waals surface area (Å²) >= 11 is 0. The van der Waals surface area contributed by atoms with Gasteiger partial charge in [-0.25, -0.2) is 4.98 Å². The number of aromatic nitrogens is 2. The van der Waals surface area contributed by atoms with E-state index in [0.717, 1.165) is 42.3 Å². The number of imidazole rings is 1. The third kappa shape index (κ3) is 4.66. The Hall–Kier alpha value is -2.95. The average Bonchev–Trinajstić information content (AvgIpc) is 3.24. The largest absolute Gasteiger partial charge is 0.493 e. The van der Waals surface area contributed by atoms with E-state index in [1.165, 1.54) is 11.1 Å². The van der Waals surface area contributed by atoms with Crippen molar-refractivity contribution in [2.24, 2.45) is 0 Å². The molecule has 1 heterocycles. The predicted molar refractivity (Wildman–Crippen MR) is 114 cm³/mol. The van der Waals surface area contributed by atoms with Crippen molar-refractivity contribution in [1.82, 2.24) is 9.55 Å². The summed E-state index contributed by atoms with van der Waals surface area (Å²) in [7, 11) is 3.33. The summed E-state index contributed by atoms with van der Waals surface area (Å²) in [6, 6.07) is 12.7. The molecule has 0 unspecified atom stereocenters. The molecular formula is C23H29N3O2. The summed E-state index contributed by atoms with van der Waals surface area (Å²) in [5.74, 6) is 1.94. The number of hydrogen-bond acceptors (Lipinski definition) is 4. The Morgan fingerprint density at radius 2 is 1.86 bits per heavy atom. The van der Waals surface area contributed by atoms with Gasteiger partial charge in [0.15, 0.2) is 11.5 Å². The van der Waals surface area contributed by atoms with E-state index in [4.69, 9.17) is 9.47 Å². The third-order valence-electron chi connectivity index (χ3n) is 4.87. The van der Waals surface area contributed by atoms with Gasteiger partial charge >= 0.3 is 0 Å². The van der Waals surface area contributed by atoms with Crippen LogP contribution in [0.5, 0.6) is 11.5 Å². The van der Waals surface area contributed by atoms with E-state index in [1.54, 1.807) is 14.2 Å². The molecular weight excluding hydrogens is 350 g/mol. The third-order valence-corrected chi connectivity index (χ3v) is 4.87. The summed E-state index contributed by atoms with van der Waals surface area (Å²) in [6.07, 6.45) is 6.68. The lowest BCUT2D eigenvalue weighted by Crippen LogP contribution is -2.07. The standard InChI is InChI=1S/C23H29N3O2/c1-17(2)18-6-8-21(25-10-5-12-26-13-11-24-16-26)20(14-18)19-7-9-22(27-3)23(15-19)28-4/h6-9,11,13-17,25H,5,10,12H2,1-4H3. The van der Waals surface area contributed by atoms with Crippen LogP contribution < -0.4 is 14.8 Å². The SMILES string of the molecule is COc1ccc(-c2cc(C(C)C)ccc2NCCCn2ccnc2)cc1OC. The Kier molecular flexibility index (Phi) is 6.58. The van der Waals surface area contributed by atoms with Gasteiger partial charge in [-0.05, 0) is 47.7 Å². The molecule has 1 aromatic heterocycles. The van der Waals surface area contributed by atoms with E-state index in [0.29, 0.717) is 5.92 Å². The van der Waals surface area contributed by atoms with Crippen LogP contribution in [0, 0.1) is 0 Å². The van der Waals surface area contributed by atoms with Gasteiger partial charge in [0.25, 0.3) is 0 Å². The van der Waals surface area contributed by atoms with E-state index in [2.05, 4.69) is 53.0 Å². The second kappa shape index (κ2) is 9.31. The number of aryl methyl sites for hydroxylation is 1. The minimum absolute atomic E-state index is 0.467. The zero-order valence-corrected chi connectivity index (χ0v) is 17.1. The fourth-order valence-corrected chi connectivity index (χ4v) is 3.22. The molecule has 0 spiro atoms. The highest BCUT2D eigenvalue weighted by atomic mass is 16.5. The van der Waals surface area contributed by atoms with Crippen molar-refractivity contribution >= 4 is 5.69 Å². The molecule has 148 valence electrons. The molecule has 2 aromatic carbocycles. The van der Waals surface area contributed by atoms with Crippen LogP contribution in [-0.2, 0) is 6.54 Å². The molecule has 0 aliphatic heterocycles. The number of anilines is 1. The Morgan fingerprint density at radius 3 is 2.54 bits per heavy atom. The molecule has 0 saturated carbocycles. The van der Waals surface area contributed by atoms with Gasteiger partial charge in [-0.3, -0.25) is 0 Å². The Balaban J connectivity index is 1.83. The normalized spacial score (nSPS) is 10.9. The topological polar surface area (TPSA) is 48.3 Å². The van der Waals surface area contributed by atoms with Crippen LogP contribution in [0.2, 0.25) is 0 Å². The summed E-state index contributed by atoms with van der Waals surface area (Å²) in [5.41, 5.74) is 4.73. The Labute approximate surface area is 167 Å². The van der Waals surface area contributed by atoms with Gasteiger partial charge in [-0.1, -0.05) is 26.0 Å². The van der Waals surface area contributed by atoms with Crippen LogP contribution in [0.3, 0.4) is 0 Å². The highest BCUT2D eigenvalue weighted by molar-refractivity contribution is 5.80. The number of ether oxygens (including phenoxy) is 2. The van der Waals surface area contributed by atoms with Crippen LogP contribution >= 0.6 is 0 Å². The lowest BCUT2D eigenvalue weighted by atomic mass is 9.95. The lowest BCUT2D eigenvalue weighted by Gasteiger charge is -2.17. The number of hydrogen-bond donors (Lipinski definition) is 1. The quantitative estimate of drug-likeness (QED) is 0.520. The van der Waals surface area contributed by atoms with Gasteiger partial charge in [0.2, 0.25) is 0 Å². The van der Waals surface area contributed by atoms with Crippen molar-refractivity contribution < 1.29 is 9.47 Å². The zero-order chi connectivity index (χ0) is 19.9. The highest BCUT2D eigenvalue weighted by Gasteiger charge is 2.12. The van der Waals surface area contributed by atoms with Crippen molar-refractivity contribution in [3.8, 4) is 22.6 Å². The first-order valence-electron chi connectivity index (χ1n) is 9.68. The first-order valence-corrected chi connectivity index (χ1v) is 9.68. The Bertz CT molecular complexity index is 889. The highest BCUT2D eigenvalue weighted by Crippen LogP contribution is 2.36. The van der Waals surface area contributed by atoms with Crippen LogP contribution in [0.4, 0.5) is 5.69 Å². The molecule has 3 aromatic rings. The monoisotopic (exact) mass is 379 g/mol. The fourth-order valence-electron chi connectivity index (χ4n) is 3.22. The molecule has 5 heteroatoms. The molecule has 0 bridgehead atoms. The zero-order valence-electron chi connectivity index (χ0n) is 17.1. The molecule has 1 N–H and O–H groups in total. The summed E-state index contributed by atoms with van der Waals surface area (Å²) in [6.45, 7) is 6.26. The van der Waals surface area contributed by atoms with Crippen LogP contribution in [-0.4, -0.2) is 30.3 Å². The first-order chi connectivity index (χ1) is 13.6. The summed E-state index contributed by atoms with van der Waals surface area (Å²) < 4.78 is 13.0. The summed E-state index contributed by atoms with van der Waals surface area (Å²) in [5, 5.41) is 3.60. The summed E-state index contributed by atoms with van der Waals surface area (Å²) in [4.78, 5) is 4.09. The van der Waals surface area contributed by atoms with Gasteiger partial charge in [-0.15, -0.1) is 0 Å². The molecule has 3 rings (SSSR count). The van der Waals surface area contributed by atoms with Gasteiger partial charge in [0, 0.05) is 36.7 Å². The molecule has 28 heavy (non-hydrogen) atoms. The van der Waals surface area contributed by atoms with E-state index < -0.39 is 0 Å². The maximum absolute atomic E-state index is 5.50. The maximum Gasteiger partial charge on any atom is 0.161 e. The average molecular weight is 380 g/mol. The number of benzene rings is 2. The minimum atomic E-state index is 0.467. The van der Waals surface area contributed by atoms with E-state index in [1.807, 2.05) is 30.9 Å². The van der Waals surface area contributed by atoms with Crippen molar-refractivity contribution in [2.45, 2.75) is 32.7 Å². The smallest absolute Gasteiger partial charge is 0.161 e. The van der Waals surface area contributed by atoms with Gasteiger partial charge in [0.1, 0.15) is 0 Å². The van der Waals surface area contributed by atoms with Crippen molar-refractivity contribution in [2.75, 3.05) is 26.1 Å². The molecule has 0 saturated heterocycles. The first kappa shape index (κ1) is 19.8. The number of rotatable bonds is 9. The van der Waals surface area contributed by atoms with Crippen molar-refractivity contribution in [1.29, 1.82) is 0 Å². The van der Waals surface area contributed by atoms with Gasteiger partial charge in [0.05, 0.1) is 20.5 Å². The molecule has 0 amide bonds. The molecule has 0 fully saturated rings. The van der Waals surface area contributed by atoms with E-state index >= 15 is 0 Å². The second-order valence-electron chi connectivity index (χ2n) is 7.11. The second-order valence-corrected chi connectivity index (χ2v) is 7.11. The van der Waals surface area contributed by atoms with E-state index in [-0.39, 0.29) is 0 Å². The van der Waals surface area contributed by atoms with Crippen LogP contribution in [0.25, 0.3) is 11.1 Å². The Morgan fingerprint density at radius 1 is 1.04 bits per heavy atom. The van der Waals surface area contributed by atoms with Gasteiger partial charge < -0.3 is 19.4 Å². The number of methoxy groups -OCH3 is 2. The molecule has 0 aliphatic rings. The van der Waals surface area contributed by atoms with Crippen molar-refractivity contribution in [3.63, 3.8) is 0 Å². The molecule has 0 atom stereocenters. The van der Waals surface area contributed by atoms with Gasteiger partial charge in [-0.2, -0.15) is 0 Å². The van der Waals surface area contributed by atoms with Crippen LogP contribution in [0.15, 0.2) is 55.1 Å². The predicted octanol–water partition coefficient (Wildman–Crippen LogP) is 5.19. The van der Waals surface area contributed by atoms with Crippen LogP contribution in [0.1, 0.15) is 31.7 Å². The molecule has 0 radical (unpaired) electrons. The maximum atomic E-state index is 5.50. The van der Waals surface area contributed by atoms with Crippen molar-refractivity contribution in [3.05, 3.63) is 60.7 Å². The fraction of sp³-hybridized carbons (Fsp3) is 0.348. The number of nitrogens with one attached hydrogen (secondary N) is 1. The van der Waals surface area contributed by atoms with E-state index in [9.17, 15) is 0 Å².